The third kappa shape index (κ3) is 22.1. The molecule has 0 unspecified atom stereocenters. The van der Waals surface area contributed by atoms with Crippen LogP contribution in [-0.4, -0.2) is 229 Å². The number of benzene rings is 4. The van der Waals surface area contributed by atoms with Gasteiger partial charge in [0, 0.05) is 85.6 Å². The molecule has 0 spiro atoms. The van der Waals surface area contributed by atoms with Gasteiger partial charge in [0.2, 0.25) is 33.6 Å². The number of fused-ring (bicyclic) bond motifs is 4. The smallest absolute Gasteiger partial charge is 0.407 e. The lowest BCUT2D eigenvalue weighted by Gasteiger charge is -2.31. The van der Waals surface area contributed by atoms with Gasteiger partial charge >= 0.3 is 12.2 Å². The summed E-state index contributed by atoms with van der Waals surface area (Å²) in [4.78, 5) is 28.9. The number of thioether (sulfide) groups is 2. The number of amides is 2. The lowest BCUT2D eigenvalue weighted by molar-refractivity contribution is -0.0909. The largest absolute Gasteiger partial charge is 0.494 e. The number of carbonyl (C=O) groups excluding carboxylic acids is 2. The quantitative estimate of drug-likeness (QED) is 0.0187. The first-order valence-electron chi connectivity index (χ1n) is 33.9. The fourth-order valence-corrected chi connectivity index (χ4v) is 17.7. The van der Waals surface area contributed by atoms with Crippen molar-refractivity contribution in [1.82, 2.24) is 29.5 Å². The van der Waals surface area contributed by atoms with Crippen molar-refractivity contribution in [2.75, 3.05) is 127 Å². The maximum Gasteiger partial charge on any atom is 0.407 e. The zero-order valence-corrected chi connectivity index (χ0v) is 61.9. The number of alkyl halides is 1. The predicted molar refractivity (Wildman–Crippen MR) is 380 cm³/mol. The van der Waals surface area contributed by atoms with E-state index in [0.29, 0.717) is 49.4 Å². The number of aliphatic hydroxyl groups excluding tert-OH is 2. The standard InChI is InChI=1S/C34H47N3O10S2.C31H41IN2O10S.C3H7NS/c1-23(2)18-37(49(40,41)26-8-9-30-31(17-26)46-22-45-30)19-29(38)28(35-34(39)47-32-20-44-33-27(32)10-14-43-33)16-24-4-6-25(7-5-24)42-13-3-11-36-12-15-48-21-36;1-20(2)16-34(45(37,38)23-8-9-27-28(15-23)43-19-42-27)17-26(35)25(14-21-4-6-22(7-5-21)39-12-3-11-32)33-31(36)44-29-18-41-30-24(29)10-13-40-30;1-2-5-3-4-1/h4-9,17,23,27-29,32-33,38H,3,10-16,18-22H2,1-2H3,(H,35,39);4-9,15,20,24-26,29-30,35H,3,10-14,16-19H2,1-2H3,(H,33,36);4H,1-3H2/t27-,28-,29+,32-,33+;24-,25-,26+,29-,30+;/m00./s1. The van der Waals surface area contributed by atoms with Gasteiger partial charge in [-0.25, -0.2) is 26.4 Å². The van der Waals surface area contributed by atoms with E-state index in [1.165, 1.54) is 56.8 Å². The number of hydrogen-bond acceptors (Lipinski definition) is 24. The van der Waals surface area contributed by atoms with E-state index in [1.54, 1.807) is 12.1 Å². The van der Waals surface area contributed by atoms with Gasteiger partial charge in [-0.2, -0.15) is 8.61 Å². The molecule has 31 heteroatoms. The minimum Gasteiger partial charge on any atom is -0.494 e. The molecule has 8 heterocycles. The molecule has 8 aliphatic heterocycles. The predicted octanol–water partition coefficient (Wildman–Crippen LogP) is 7.30. The van der Waals surface area contributed by atoms with Crippen LogP contribution in [0.4, 0.5) is 9.59 Å². The average Bonchev–Trinajstić information content (AvgIpc) is 1.54. The highest BCUT2D eigenvalue weighted by Gasteiger charge is 2.46. The molecule has 10 atom stereocenters. The molecule has 5 N–H and O–H groups in total. The molecule has 8 aliphatic rings. The Balaban J connectivity index is 0.000000200. The molecule has 0 aliphatic carbocycles. The molecule has 4 aromatic carbocycles. The van der Waals surface area contributed by atoms with Crippen LogP contribution in [0.25, 0.3) is 0 Å². The minimum absolute atomic E-state index is 0.0171. The Kier molecular flexibility index (Phi) is 29.1. The highest BCUT2D eigenvalue weighted by molar-refractivity contribution is 14.1. The van der Waals surface area contributed by atoms with E-state index in [1.807, 2.05) is 99.7 Å². The summed E-state index contributed by atoms with van der Waals surface area (Å²) >= 11 is 6.22. The molecule has 0 saturated carbocycles. The lowest BCUT2D eigenvalue weighted by Crippen LogP contribution is -2.51. The van der Waals surface area contributed by atoms with Crippen LogP contribution >= 0.6 is 46.1 Å². The van der Waals surface area contributed by atoms with Crippen LogP contribution in [0.1, 0.15) is 64.5 Å². The first-order chi connectivity index (χ1) is 47.8. The third-order valence-corrected chi connectivity index (χ3v) is 23.9. The van der Waals surface area contributed by atoms with E-state index in [0.717, 1.165) is 71.7 Å². The maximum absolute atomic E-state index is 13.9. The van der Waals surface area contributed by atoms with Crippen LogP contribution in [0.2, 0.25) is 0 Å². The Morgan fingerprint density at radius 2 is 1.10 bits per heavy atom. The summed E-state index contributed by atoms with van der Waals surface area (Å²) in [6, 6.07) is 22.1. The summed E-state index contributed by atoms with van der Waals surface area (Å²) in [6.07, 6.45) is -1.94. The molecule has 26 nitrogen and oxygen atoms in total. The topological polar surface area (TPSA) is 299 Å². The number of sulfonamides is 2. The van der Waals surface area contributed by atoms with Crippen molar-refractivity contribution in [2.24, 2.45) is 23.7 Å². The highest BCUT2D eigenvalue weighted by atomic mass is 127. The van der Waals surface area contributed by atoms with Crippen LogP contribution in [-0.2, 0) is 61.3 Å². The molecule has 12 rings (SSSR count). The van der Waals surface area contributed by atoms with Crippen molar-refractivity contribution >= 4 is 78.3 Å². The third-order valence-electron chi connectivity index (χ3n) is 17.6. The van der Waals surface area contributed by atoms with E-state index < -0.39 is 68.7 Å². The Hall–Kier alpha value is -4.85. The molecule has 0 aromatic heterocycles. The number of aliphatic hydroxyl groups is 2. The molecule has 0 bridgehead atoms. The van der Waals surface area contributed by atoms with Crippen molar-refractivity contribution in [2.45, 2.75) is 125 Å². The summed E-state index contributed by atoms with van der Waals surface area (Å²) in [5, 5.41) is 32.1. The number of hydrogen-bond donors (Lipinski definition) is 5. The SMILES string of the molecule is C1CSCN1.CC(C)CN(C[C@@H](O)[C@H](Cc1ccc(OCCCI)cc1)NC(=O)O[C@H]1CO[C@H]2OCC[C@H]21)S(=O)(=O)c1ccc2c(c1)OCO2.CC(C)CN(C[C@@H](O)[C@H](Cc1ccc(OCCCN2CCSC2)cc1)NC(=O)O[C@H]1CO[C@H]2OCC[C@H]21)S(=O)(=O)c1ccc2c(c1)OCO2. The second-order valence-electron chi connectivity index (χ2n) is 26.0. The van der Waals surface area contributed by atoms with Gasteiger partial charge in [-0.3, -0.25) is 4.90 Å². The van der Waals surface area contributed by atoms with Crippen LogP contribution in [0.3, 0.4) is 0 Å². The zero-order chi connectivity index (χ0) is 69.9. The molecule has 4 aromatic rings. The van der Waals surface area contributed by atoms with E-state index >= 15 is 0 Å². The molecular formula is C68H95IN6O20S4. The highest BCUT2D eigenvalue weighted by Crippen LogP contribution is 2.38. The normalized spacial score (nSPS) is 22.7. The Bertz CT molecular complexity index is 3430. The number of rotatable bonds is 31. The van der Waals surface area contributed by atoms with Gasteiger partial charge in [0.25, 0.3) is 0 Å². The Labute approximate surface area is 603 Å². The molecule has 548 valence electrons. The maximum atomic E-state index is 13.9. The van der Waals surface area contributed by atoms with Gasteiger partial charge in [-0.15, -0.1) is 23.5 Å². The van der Waals surface area contributed by atoms with Crippen LogP contribution < -0.4 is 44.4 Å². The van der Waals surface area contributed by atoms with Gasteiger partial charge in [0.15, 0.2) is 35.6 Å². The fraction of sp³-hybridized carbons (Fsp3) is 0.618. The van der Waals surface area contributed by atoms with E-state index in [-0.39, 0.29) is 112 Å². The summed E-state index contributed by atoms with van der Waals surface area (Å²) < 4.78 is 126. The van der Waals surface area contributed by atoms with E-state index in [2.05, 4.69) is 43.4 Å². The second-order valence-corrected chi connectivity index (χ2v) is 33.2. The summed E-state index contributed by atoms with van der Waals surface area (Å²) in [5.74, 6) is 7.63. The van der Waals surface area contributed by atoms with Crippen molar-refractivity contribution in [1.29, 1.82) is 0 Å². The van der Waals surface area contributed by atoms with Gasteiger partial charge < -0.3 is 83.0 Å². The van der Waals surface area contributed by atoms with Crippen LogP contribution in [0.15, 0.2) is 94.7 Å². The number of carbonyl (C=O) groups is 2. The number of nitrogens with one attached hydrogen (secondary N) is 3. The Morgan fingerprint density at radius 1 is 0.626 bits per heavy atom. The Morgan fingerprint density at radius 3 is 1.52 bits per heavy atom. The first-order valence-corrected chi connectivity index (χ1v) is 40.7. The van der Waals surface area contributed by atoms with Crippen LogP contribution in [0, 0.1) is 23.7 Å². The van der Waals surface area contributed by atoms with Gasteiger partial charge in [0.05, 0.1) is 85.6 Å². The van der Waals surface area contributed by atoms with Gasteiger partial charge in [0.1, 0.15) is 23.7 Å². The van der Waals surface area contributed by atoms with Crippen molar-refractivity contribution in [3.8, 4) is 34.5 Å². The van der Waals surface area contributed by atoms with Gasteiger partial charge in [-0.1, -0.05) is 74.6 Å². The lowest BCUT2D eigenvalue weighted by atomic mass is 10.0. The van der Waals surface area contributed by atoms with Crippen LogP contribution in [0.5, 0.6) is 34.5 Å². The zero-order valence-electron chi connectivity index (χ0n) is 56.5. The number of alkyl carbamates (subject to hydrolysis) is 2. The molecule has 2 amide bonds. The summed E-state index contributed by atoms with van der Waals surface area (Å²) in [7, 11) is -8.10. The molecule has 0 radical (unpaired) electrons. The monoisotopic (exact) mass is 1570 g/mol. The molecular weight excluding hydrogens is 1480 g/mol. The number of halogens is 1. The fourth-order valence-electron chi connectivity index (χ4n) is 12.4. The molecule has 99 heavy (non-hydrogen) atoms. The minimum atomic E-state index is -4.06. The van der Waals surface area contributed by atoms with Crippen molar-refractivity contribution in [3.63, 3.8) is 0 Å². The second kappa shape index (κ2) is 37.5. The van der Waals surface area contributed by atoms with Crippen molar-refractivity contribution < 1.29 is 93.5 Å². The summed E-state index contributed by atoms with van der Waals surface area (Å²) in [6.45, 7) is 13.5. The van der Waals surface area contributed by atoms with Gasteiger partial charge in [-0.05, 0) is 110 Å². The van der Waals surface area contributed by atoms with E-state index in [9.17, 15) is 36.6 Å². The average molecular weight is 1570 g/mol. The number of ether oxygens (including phenoxy) is 12. The van der Waals surface area contributed by atoms with Crippen molar-refractivity contribution in [3.05, 3.63) is 96.1 Å². The first kappa shape index (κ1) is 76.8. The number of nitrogens with zero attached hydrogens (tertiary/aromatic N) is 3. The summed E-state index contributed by atoms with van der Waals surface area (Å²) in [5.41, 5.74) is 1.65. The van der Waals surface area contributed by atoms with E-state index in [4.69, 9.17) is 56.8 Å². The molecule has 6 saturated heterocycles. The molecule has 6 fully saturated rings.